The summed E-state index contributed by atoms with van der Waals surface area (Å²) in [6.07, 6.45) is 2.26. The summed E-state index contributed by atoms with van der Waals surface area (Å²) < 4.78 is 0.496. The van der Waals surface area contributed by atoms with E-state index in [9.17, 15) is 4.79 Å². The molecule has 4 heteroatoms. The Morgan fingerprint density at radius 1 is 1.24 bits per heavy atom. The van der Waals surface area contributed by atoms with Crippen LogP contribution in [0.15, 0.2) is 4.79 Å². The average Bonchev–Trinajstić information content (AvgIpc) is 2.37. The second-order valence-electron chi connectivity index (χ2n) is 4.32. The Labute approximate surface area is 109 Å². The first-order valence-electron chi connectivity index (χ1n) is 6.37. The highest BCUT2D eigenvalue weighted by Crippen LogP contribution is 2.13. The van der Waals surface area contributed by atoms with Crippen molar-refractivity contribution in [3.05, 3.63) is 20.3 Å². The number of nitrogens with one attached hydrogen (secondary N) is 1. The zero-order chi connectivity index (χ0) is 12.8. The van der Waals surface area contributed by atoms with Gasteiger partial charge < -0.3 is 10.2 Å². The third-order valence-corrected chi connectivity index (χ3v) is 3.74. The van der Waals surface area contributed by atoms with Crippen LogP contribution in [0.2, 0.25) is 0 Å². The number of unbranched alkanes of at least 4 members (excludes halogenated alkanes) is 1. The van der Waals surface area contributed by atoms with Crippen LogP contribution < -0.4 is 10.7 Å². The van der Waals surface area contributed by atoms with E-state index in [0.29, 0.717) is 4.51 Å². The number of nitrogens with zero attached hydrogens (tertiary/aromatic N) is 1. The van der Waals surface area contributed by atoms with E-state index in [4.69, 9.17) is 12.2 Å². The molecule has 0 aliphatic carbocycles. The minimum atomic E-state index is 0.0150. The normalized spacial score (nSPS) is 11.3. The molecular weight excluding hydrogens is 232 g/mol. The van der Waals surface area contributed by atoms with Crippen LogP contribution in [0.5, 0.6) is 0 Å². The molecule has 1 aromatic rings. The number of hydrogen-bond acceptors (Lipinski definition) is 4. The Bertz CT molecular complexity index is 417. The maximum atomic E-state index is 11.4. The highest BCUT2D eigenvalue weighted by atomic mass is 32.1. The van der Waals surface area contributed by atoms with Crippen LogP contribution in [0.4, 0.5) is 5.69 Å². The summed E-state index contributed by atoms with van der Waals surface area (Å²) in [5, 5.41) is 3.18. The quantitative estimate of drug-likeness (QED) is 0.570. The van der Waals surface area contributed by atoms with Gasteiger partial charge in [0.05, 0.1) is 10.2 Å². The van der Waals surface area contributed by atoms with Gasteiger partial charge in [-0.3, -0.25) is 4.79 Å². The first-order valence-corrected chi connectivity index (χ1v) is 6.78. The molecule has 0 amide bonds. The molecule has 0 atom stereocenters. The predicted molar refractivity (Wildman–Crippen MR) is 76.2 cm³/mol. The molecule has 3 nitrogen and oxygen atoms in total. The minimum Gasteiger partial charge on any atom is -0.382 e. The Balaban J connectivity index is 2.18. The van der Waals surface area contributed by atoms with Gasteiger partial charge in [-0.25, -0.2) is 0 Å². The Morgan fingerprint density at radius 2 is 1.88 bits per heavy atom. The monoisotopic (exact) mass is 254 g/mol. The van der Waals surface area contributed by atoms with Crippen LogP contribution in [-0.4, -0.2) is 31.1 Å². The fourth-order valence-corrected chi connectivity index (χ4v) is 2.14. The van der Waals surface area contributed by atoms with Crippen LogP contribution in [-0.2, 0) is 0 Å². The lowest BCUT2D eigenvalue weighted by Crippen LogP contribution is -2.25. The van der Waals surface area contributed by atoms with Crippen molar-refractivity contribution in [2.75, 3.05) is 31.5 Å². The number of rotatable bonds is 8. The second kappa shape index (κ2) is 6.87. The van der Waals surface area contributed by atoms with Crippen molar-refractivity contribution in [1.29, 1.82) is 0 Å². The van der Waals surface area contributed by atoms with E-state index in [-0.39, 0.29) is 5.43 Å². The number of hydrogen-bond donors (Lipinski definition) is 1. The fourth-order valence-electron chi connectivity index (χ4n) is 1.93. The molecule has 0 aromatic heterocycles. The van der Waals surface area contributed by atoms with Gasteiger partial charge >= 0.3 is 0 Å². The van der Waals surface area contributed by atoms with Crippen LogP contribution in [0.1, 0.15) is 32.3 Å². The topological polar surface area (TPSA) is 32.3 Å². The van der Waals surface area contributed by atoms with E-state index in [1.807, 2.05) is 6.92 Å². The molecule has 0 saturated carbocycles. The first-order chi connectivity index (χ1) is 8.11. The minimum absolute atomic E-state index is 0.0150. The van der Waals surface area contributed by atoms with Crippen molar-refractivity contribution < 1.29 is 0 Å². The zero-order valence-corrected chi connectivity index (χ0v) is 11.8. The van der Waals surface area contributed by atoms with Crippen molar-refractivity contribution in [3.8, 4) is 0 Å². The summed E-state index contributed by atoms with van der Waals surface area (Å²) in [6, 6.07) is 0. The lowest BCUT2D eigenvalue weighted by atomic mass is 10.1. The van der Waals surface area contributed by atoms with E-state index in [2.05, 4.69) is 24.1 Å². The average molecular weight is 254 g/mol. The Morgan fingerprint density at radius 3 is 2.41 bits per heavy atom. The van der Waals surface area contributed by atoms with Gasteiger partial charge in [0.15, 0.2) is 0 Å². The lowest BCUT2D eigenvalue weighted by Gasteiger charge is -2.18. The van der Waals surface area contributed by atoms with Gasteiger partial charge in [-0.1, -0.05) is 26.1 Å². The largest absolute Gasteiger partial charge is 0.382 e. The summed E-state index contributed by atoms with van der Waals surface area (Å²) >= 11 is 4.92. The Hall–Kier alpha value is -0.740. The highest BCUT2D eigenvalue weighted by molar-refractivity contribution is 7.71. The smallest absolute Gasteiger partial charge is 0.220 e. The lowest BCUT2D eigenvalue weighted by molar-refractivity contribution is 0.298. The predicted octanol–water partition coefficient (Wildman–Crippen LogP) is 2.49. The van der Waals surface area contributed by atoms with Gasteiger partial charge in [-0.2, -0.15) is 0 Å². The van der Waals surface area contributed by atoms with E-state index in [0.717, 1.165) is 43.9 Å². The standard InChI is InChI=1S/C13H22N2OS/c1-4-15(5-2)9-7-6-8-14-11-10(3)13(17)12(11)16/h14H,4-9H2,1-3H3. The van der Waals surface area contributed by atoms with E-state index in [1.54, 1.807) is 0 Å². The molecule has 0 saturated heterocycles. The summed E-state index contributed by atoms with van der Waals surface area (Å²) in [6.45, 7) is 10.5. The van der Waals surface area contributed by atoms with E-state index < -0.39 is 0 Å². The van der Waals surface area contributed by atoms with Crippen molar-refractivity contribution >= 4 is 17.9 Å². The van der Waals surface area contributed by atoms with Gasteiger partial charge in [-0.05, 0) is 45.0 Å². The maximum absolute atomic E-state index is 11.4. The second-order valence-corrected chi connectivity index (χ2v) is 4.73. The van der Waals surface area contributed by atoms with Crippen molar-refractivity contribution in [1.82, 2.24) is 4.90 Å². The molecule has 96 valence electrons. The van der Waals surface area contributed by atoms with Crippen molar-refractivity contribution in [2.24, 2.45) is 0 Å². The van der Waals surface area contributed by atoms with Crippen LogP contribution >= 0.6 is 12.2 Å². The van der Waals surface area contributed by atoms with Gasteiger partial charge in [0.2, 0.25) is 5.43 Å². The first kappa shape index (κ1) is 14.3. The third kappa shape index (κ3) is 3.61. The molecule has 17 heavy (non-hydrogen) atoms. The van der Waals surface area contributed by atoms with E-state index >= 15 is 0 Å². The van der Waals surface area contributed by atoms with Crippen LogP contribution in [0.25, 0.3) is 0 Å². The maximum Gasteiger partial charge on any atom is 0.220 e. The van der Waals surface area contributed by atoms with Gasteiger partial charge in [0.25, 0.3) is 0 Å². The molecule has 0 fully saturated rings. The Kier molecular flexibility index (Phi) is 5.78. The summed E-state index contributed by atoms with van der Waals surface area (Å²) in [5.74, 6) is 0. The van der Waals surface area contributed by atoms with Crippen molar-refractivity contribution in [2.45, 2.75) is 33.6 Å². The molecule has 0 heterocycles. The molecule has 1 rings (SSSR count). The number of anilines is 1. The van der Waals surface area contributed by atoms with Crippen LogP contribution in [0, 0.1) is 11.4 Å². The fraction of sp³-hybridized carbons (Fsp3) is 0.692. The van der Waals surface area contributed by atoms with Crippen molar-refractivity contribution in [3.63, 3.8) is 0 Å². The molecular formula is C13H22N2OS. The summed E-state index contributed by atoms with van der Waals surface area (Å²) in [5.41, 5.74) is 1.70. The van der Waals surface area contributed by atoms with Crippen LogP contribution in [0.3, 0.4) is 0 Å². The van der Waals surface area contributed by atoms with Gasteiger partial charge in [0.1, 0.15) is 0 Å². The SMILES string of the molecule is CCN(CC)CCCCNc1c(C)c(=S)c1=O. The molecule has 0 spiro atoms. The zero-order valence-electron chi connectivity index (χ0n) is 11.0. The molecule has 0 unspecified atom stereocenters. The van der Waals surface area contributed by atoms with E-state index in [1.165, 1.54) is 6.42 Å². The summed E-state index contributed by atoms with van der Waals surface area (Å²) in [7, 11) is 0. The molecule has 0 radical (unpaired) electrons. The highest BCUT2D eigenvalue weighted by Gasteiger charge is 2.12. The summed E-state index contributed by atoms with van der Waals surface area (Å²) in [4.78, 5) is 13.8. The molecule has 0 bridgehead atoms. The van der Waals surface area contributed by atoms with Gasteiger partial charge in [-0.15, -0.1) is 0 Å². The molecule has 1 aromatic carbocycles. The third-order valence-electron chi connectivity index (χ3n) is 3.25. The van der Waals surface area contributed by atoms with Gasteiger partial charge in [0, 0.05) is 6.54 Å². The molecule has 0 aliphatic heterocycles. The molecule has 1 N–H and O–H groups in total. The molecule has 0 aliphatic rings.